The molecular weight excluding hydrogens is 1110 g/mol. The van der Waals surface area contributed by atoms with Crippen molar-refractivity contribution in [3.8, 4) is 56.4 Å². The Labute approximate surface area is 479 Å². The second-order valence-electron chi connectivity index (χ2n) is 20.0. The van der Waals surface area contributed by atoms with Crippen LogP contribution in [0.25, 0.3) is 77.6 Å². The molecule has 0 radical (unpaired) electrons. The number of hydrogen-bond donors (Lipinski definition) is 0. The van der Waals surface area contributed by atoms with Crippen LogP contribution in [-0.4, -0.2) is 25.6 Å². The van der Waals surface area contributed by atoms with Crippen LogP contribution in [0.4, 0.5) is 11.5 Å². The second-order valence-corrected chi connectivity index (χ2v) is 21.0. The van der Waals surface area contributed by atoms with Gasteiger partial charge in [-0.15, -0.1) is 0 Å². The molecule has 1 aliphatic rings. The molecule has 0 saturated heterocycles. The van der Waals surface area contributed by atoms with Gasteiger partial charge in [-0.3, -0.25) is 0 Å². The van der Waals surface area contributed by atoms with E-state index in [4.69, 9.17) is 30.3 Å². The van der Waals surface area contributed by atoms with E-state index in [1.54, 1.807) is 45.5 Å². The molecule has 6 nitrogen and oxygen atoms in total. The number of fused-ring (bicyclic) bond motifs is 4. The van der Waals surface area contributed by atoms with E-state index < -0.39 is 70.0 Å². The molecule has 0 unspecified atom stereocenters. The van der Waals surface area contributed by atoms with E-state index in [0.29, 0.717) is 26.0 Å². The number of ether oxygens (including phenoxy) is 1. The van der Waals surface area contributed by atoms with Gasteiger partial charge < -0.3 is 0 Å². The van der Waals surface area contributed by atoms with Gasteiger partial charge in [0.15, 0.2) is 0 Å². The number of imidazole rings is 1. The van der Waals surface area contributed by atoms with Gasteiger partial charge in [-0.2, -0.15) is 0 Å². The van der Waals surface area contributed by atoms with Gasteiger partial charge in [0.2, 0.25) is 0 Å². The van der Waals surface area contributed by atoms with E-state index in [1.807, 2.05) is 117 Å². The average Bonchev–Trinajstić information content (AvgIpc) is 1.58. The van der Waals surface area contributed by atoms with Gasteiger partial charge in [0.25, 0.3) is 0 Å². The van der Waals surface area contributed by atoms with Gasteiger partial charge in [0, 0.05) is 16.3 Å². The fourth-order valence-electron chi connectivity index (χ4n) is 10.9. The molecule has 3 aromatic heterocycles. The van der Waals surface area contributed by atoms with Crippen molar-refractivity contribution in [2.24, 2.45) is 0 Å². The summed E-state index contributed by atoms with van der Waals surface area (Å²) in [7, 11) is 0. The topological polar surface area (TPSA) is 40.1 Å². The number of anilines is 2. The Balaban J connectivity index is 1.10. The van der Waals surface area contributed by atoms with Crippen molar-refractivity contribution >= 4 is 56.8 Å². The van der Waals surface area contributed by atoms with Crippen LogP contribution in [0.15, 0.2) is 212 Å². The fourth-order valence-corrected chi connectivity index (χ4v) is 12.0. The molecule has 12 aromatic rings. The molecule has 8 heteroatoms. The van der Waals surface area contributed by atoms with Crippen LogP contribution in [0.2, 0.25) is 0 Å². The van der Waals surface area contributed by atoms with Crippen molar-refractivity contribution in [3.05, 3.63) is 244 Å². The Morgan fingerprint density at radius 3 is 2.00 bits per heavy atom. The monoisotopic (exact) mass is 1180 g/mol. The third kappa shape index (κ3) is 7.99. The minimum absolute atomic E-state index is 0.00428. The molecule has 76 heavy (non-hydrogen) atoms. The number of nitrogens with zero attached hydrogens (tertiary/aromatic N) is 5. The second kappa shape index (κ2) is 18.5. The van der Waals surface area contributed by atoms with Crippen molar-refractivity contribution < 1.29 is 47.4 Å². The predicted octanol–water partition coefficient (Wildman–Crippen LogP) is 16.7. The molecular formula is C68H56BN5OPt. The van der Waals surface area contributed by atoms with Crippen LogP contribution in [0.3, 0.4) is 0 Å². The van der Waals surface area contributed by atoms with Crippen molar-refractivity contribution in [2.45, 2.75) is 53.6 Å². The van der Waals surface area contributed by atoms with Crippen LogP contribution >= 0.6 is 0 Å². The maximum atomic E-state index is 9.42. The number of benzene rings is 9. The molecule has 0 fully saturated rings. The molecule has 13 rings (SSSR count). The zero-order valence-corrected chi connectivity index (χ0v) is 43.6. The summed E-state index contributed by atoms with van der Waals surface area (Å²) in [6, 6.07) is 50.0. The van der Waals surface area contributed by atoms with E-state index in [1.165, 1.54) is 48.5 Å². The molecule has 4 heterocycles. The molecule has 0 spiro atoms. The first-order chi connectivity index (χ1) is 43.8. The summed E-state index contributed by atoms with van der Waals surface area (Å²) in [5.74, 6) is 0.0176. The molecule has 0 bridgehead atoms. The van der Waals surface area contributed by atoms with Gasteiger partial charge in [-0.25, -0.2) is 0 Å². The molecule has 1 aliphatic heterocycles. The van der Waals surface area contributed by atoms with Crippen LogP contribution in [0.1, 0.15) is 71.9 Å². The Morgan fingerprint density at radius 2 is 1.25 bits per heavy atom. The summed E-state index contributed by atoms with van der Waals surface area (Å²) in [6.07, 6.45) is 0. The summed E-state index contributed by atoms with van der Waals surface area (Å²) < 4.78 is 165. The Kier molecular flexibility index (Phi) is 7.87. The van der Waals surface area contributed by atoms with Gasteiger partial charge in [0.05, 0.1) is 0 Å². The molecule has 0 N–H and O–H groups in total. The summed E-state index contributed by atoms with van der Waals surface area (Å²) in [4.78, 5) is 7.13. The first-order valence-electron chi connectivity index (χ1n) is 33.2. The number of hydrogen-bond acceptors (Lipinski definition) is 3. The number of aromatic nitrogens is 4. The van der Waals surface area contributed by atoms with Crippen LogP contribution in [0, 0.1) is 31.2 Å². The van der Waals surface area contributed by atoms with Crippen LogP contribution in [-0.2, 0) is 24.8 Å². The predicted molar refractivity (Wildman–Crippen MR) is 313 cm³/mol. The molecule has 372 valence electrons. The third-order valence-corrected chi connectivity index (χ3v) is 15.2. The summed E-state index contributed by atoms with van der Waals surface area (Å²) >= 11 is 2.09. The number of pyridine rings is 1. The summed E-state index contributed by atoms with van der Waals surface area (Å²) in [6.45, 7) is -5.70. The Morgan fingerprint density at radius 1 is 0.579 bits per heavy atom. The average molecular weight is 1180 g/mol. The number of aryl methyl sites for hydroxylation is 4. The quantitative estimate of drug-likeness (QED) is 0.135. The standard InChI is InChI=1S/C68H56BN5O.Pt/c1-44-35-57(48-23-10-8-11-24-48)66(58(36-44)49-25-19-26-51(39-49)68(5,6)7)72-43-71(60-32-16-17-33-61(60)72)53-40-50(65-46(3)21-18-22-47(65)4)41-54(42-53)75-64-38-45(2)37-63(70-64)73-62-34-20-30-56-55-29-14-15-31-59(55)74(67(56)62)69(73)52-27-12-9-13-28-52;/h8-42H,1-7H3;/i1D3,2D3,3D3,4D3,8D,10D,11D,23D,24D;. The fraction of sp³-hybridized carbons (Fsp3) is 0.118. The minimum atomic E-state index is -2.87. The van der Waals surface area contributed by atoms with E-state index in [2.05, 4.69) is 29.9 Å². The van der Waals surface area contributed by atoms with Gasteiger partial charge in [-0.1, -0.05) is 60.7 Å². The molecule has 9 aromatic carbocycles. The van der Waals surface area contributed by atoms with E-state index in [-0.39, 0.29) is 73.3 Å². The molecule has 0 amide bonds. The van der Waals surface area contributed by atoms with Gasteiger partial charge in [0.1, 0.15) is 0 Å². The van der Waals surface area contributed by atoms with E-state index in [0.717, 1.165) is 38.5 Å². The van der Waals surface area contributed by atoms with Gasteiger partial charge >= 0.3 is 398 Å². The third-order valence-electron chi connectivity index (χ3n) is 14.2. The molecule has 0 atom stereocenters. The maximum absolute atomic E-state index is 9.42. The van der Waals surface area contributed by atoms with Crippen LogP contribution in [0.5, 0.6) is 11.6 Å². The molecule has 0 aliphatic carbocycles. The zero-order valence-electron chi connectivity index (χ0n) is 58.4. The van der Waals surface area contributed by atoms with Crippen molar-refractivity contribution in [3.63, 3.8) is 0 Å². The first kappa shape index (κ1) is 32.3. The number of para-hydroxylation sites is 4. The molecule has 0 saturated carbocycles. The van der Waals surface area contributed by atoms with Crippen molar-refractivity contribution in [2.75, 3.05) is 4.81 Å². The first-order valence-corrected chi connectivity index (χ1v) is 25.9. The van der Waals surface area contributed by atoms with Gasteiger partial charge in [-0.05, 0) is 6.07 Å². The summed E-state index contributed by atoms with van der Waals surface area (Å²) in [5, 5.41) is 2.01. The Hall–Kier alpha value is -8.25. The zero-order chi connectivity index (χ0) is 66.3. The van der Waals surface area contributed by atoms with Crippen molar-refractivity contribution in [1.82, 2.24) is 18.6 Å². The van der Waals surface area contributed by atoms with Crippen molar-refractivity contribution in [1.29, 1.82) is 0 Å². The van der Waals surface area contributed by atoms with E-state index >= 15 is 0 Å². The Bertz CT molecular complexity index is 5060. The van der Waals surface area contributed by atoms with E-state index in [9.17, 15) is 2.74 Å². The normalized spacial score (nSPS) is 16.4. The van der Waals surface area contributed by atoms with Crippen LogP contribution < -0.4 is 15.0 Å². The SMILES string of the molecule is [2H]c1c([2H])c([2H])c(-c2cc(C([2H])([2H])[2H])cc(-c3cccc(C(C)(C)C)c3)c2-n2[c](=[Pt])n(-c3cc(Oc4cc(C([2H])([2H])[2H])cc(N5B(c6ccccc6)n6c7ccccc7c7cccc5c76)n4)cc(-c4c(C([2H])([2H])[2H])cccc4C([2H])([2H])[2H])c3)c3ccccc32)c([2H])c1[2H]. The summed E-state index contributed by atoms with van der Waals surface area (Å²) in [5.41, 5.74) is 5.08. The number of rotatable bonds is 9.